The monoisotopic (exact) mass is 186 g/mol. The number of hydrogen-bond acceptors (Lipinski definition) is 2. The summed E-state index contributed by atoms with van der Waals surface area (Å²) in [6, 6.07) is 10.3. The van der Waals surface area contributed by atoms with Crippen LogP contribution in [0.3, 0.4) is 0 Å². The van der Waals surface area contributed by atoms with E-state index in [0.29, 0.717) is 12.3 Å². The molecule has 2 rings (SSSR count). The van der Waals surface area contributed by atoms with E-state index < -0.39 is 0 Å². The molecule has 0 heterocycles. The minimum Gasteiger partial charge on any atom is -0.324 e. The molecule has 1 atom stereocenters. The summed E-state index contributed by atoms with van der Waals surface area (Å²) >= 11 is 0. The summed E-state index contributed by atoms with van der Waals surface area (Å²) in [4.78, 5) is 0. The van der Waals surface area contributed by atoms with Gasteiger partial charge in [0, 0.05) is 6.04 Å². The molecule has 1 aromatic rings. The molecule has 0 aliphatic heterocycles. The highest BCUT2D eigenvalue weighted by molar-refractivity contribution is 5.32. The summed E-state index contributed by atoms with van der Waals surface area (Å²) in [5, 5.41) is 8.69. The molecule has 2 heteroatoms. The van der Waals surface area contributed by atoms with Crippen molar-refractivity contribution in [2.24, 2.45) is 11.7 Å². The predicted molar refractivity (Wildman–Crippen MR) is 55.4 cm³/mol. The van der Waals surface area contributed by atoms with Gasteiger partial charge < -0.3 is 5.73 Å². The number of hydrogen-bond donors (Lipinski definition) is 1. The smallest absolute Gasteiger partial charge is 0.0669 e. The molecule has 1 aliphatic carbocycles. The Morgan fingerprint density at radius 3 is 2.79 bits per heavy atom. The molecular formula is C12H14N2. The van der Waals surface area contributed by atoms with Gasteiger partial charge in [-0.25, -0.2) is 0 Å². The summed E-state index contributed by atoms with van der Waals surface area (Å²) in [5.41, 5.74) is 8.38. The average Bonchev–Trinajstić information content (AvgIpc) is 3.01. The van der Waals surface area contributed by atoms with Crippen molar-refractivity contribution in [3.8, 4) is 6.07 Å². The van der Waals surface area contributed by atoms with Crippen molar-refractivity contribution in [1.29, 1.82) is 5.26 Å². The van der Waals surface area contributed by atoms with Gasteiger partial charge in [-0.3, -0.25) is 0 Å². The van der Waals surface area contributed by atoms with Gasteiger partial charge in [-0.2, -0.15) is 5.26 Å². The van der Waals surface area contributed by atoms with Crippen LogP contribution in [0.5, 0.6) is 0 Å². The Hall–Kier alpha value is -1.33. The Morgan fingerprint density at radius 1 is 1.43 bits per heavy atom. The molecule has 1 saturated carbocycles. The zero-order chi connectivity index (χ0) is 9.97. The molecule has 0 saturated heterocycles. The molecule has 2 nitrogen and oxygen atoms in total. The van der Waals surface area contributed by atoms with Gasteiger partial charge in [0.15, 0.2) is 0 Å². The normalized spacial score (nSPS) is 17.4. The Bertz CT molecular complexity index is 361. The largest absolute Gasteiger partial charge is 0.324 e. The Morgan fingerprint density at radius 2 is 2.14 bits per heavy atom. The molecule has 0 bridgehead atoms. The lowest BCUT2D eigenvalue weighted by Gasteiger charge is -2.13. The van der Waals surface area contributed by atoms with Gasteiger partial charge in [0.1, 0.15) is 0 Å². The fraction of sp³-hybridized carbons (Fsp3) is 0.417. The Labute approximate surface area is 84.3 Å². The van der Waals surface area contributed by atoms with E-state index in [-0.39, 0.29) is 6.04 Å². The third-order valence-corrected chi connectivity index (χ3v) is 2.81. The van der Waals surface area contributed by atoms with E-state index in [1.807, 2.05) is 18.2 Å². The van der Waals surface area contributed by atoms with Gasteiger partial charge >= 0.3 is 0 Å². The third-order valence-electron chi connectivity index (χ3n) is 2.81. The topological polar surface area (TPSA) is 49.8 Å². The van der Waals surface area contributed by atoms with E-state index >= 15 is 0 Å². The molecule has 1 fully saturated rings. The minimum absolute atomic E-state index is 0.138. The van der Waals surface area contributed by atoms with Crippen molar-refractivity contribution in [3.63, 3.8) is 0 Å². The molecule has 0 aromatic heterocycles. The first-order valence-corrected chi connectivity index (χ1v) is 5.03. The fourth-order valence-corrected chi connectivity index (χ4v) is 1.81. The summed E-state index contributed by atoms with van der Waals surface area (Å²) in [5.74, 6) is 0.648. The second-order valence-electron chi connectivity index (χ2n) is 3.90. The molecule has 72 valence electrons. The zero-order valence-corrected chi connectivity index (χ0v) is 8.11. The molecule has 0 spiro atoms. The van der Waals surface area contributed by atoms with E-state index in [0.717, 1.165) is 11.1 Å². The Balaban J connectivity index is 2.26. The summed E-state index contributed by atoms with van der Waals surface area (Å²) < 4.78 is 0. The summed E-state index contributed by atoms with van der Waals surface area (Å²) in [6.45, 7) is 0. The minimum atomic E-state index is 0.138. The number of nitrogens with zero attached hydrogens (tertiary/aromatic N) is 1. The zero-order valence-electron chi connectivity index (χ0n) is 8.11. The molecule has 0 radical (unpaired) electrons. The maximum absolute atomic E-state index is 8.69. The van der Waals surface area contributed by atoms with Crippen molar-refractivity contribution in [1.82, 2.24) is 0 Å². The first-order chi connectivity index (χ1) is 6.83. The van der Waals surface area contributed by atoms with Crippen LogP contribution in [0.25, 0.3) is 0 Å². The van der Waals surface area contributed by atoms with Gasteiger partial charge in [-0.1, -0.05) is 24.3 Å². The second-order valence-corrected chi connectivity index (χ2v) is 3.90. The summed E-state index contributed by atoms with van der Waals surface area (Å²) in [7, 11) is 0. The number of nitrogens with two attached hydrogens (primary N) is 1. The fourth-order valence-electron chi connectivity index (χ4n) is 1.81. The molecule has 0 unspecified atom stereocenters. The van der Waals surface area contributed by atoms with Crippen molar-refractivity contribution in [3.05, 3.63) is 35.4 Å². The maximum Gasteiger partial charge on any atom is 0.0669 e. The lowest BCUT2D eigenvalue weighted by Crippen LogP contribution is -2.14. The standard InChI is InChI=1S/C12H14N2/c13-8-7-9-3-1-2-4-11(9)12(14)10-5-6-10/h1-4,10,12H,5-7,14H2/t12-/m1/s1. The average molecular weight is 186 g/mol. The molecule has 0 amide bonds. The molecular weight excluding hydrogens is 172 g/mol. The van der Waals surface area contributed by atoms with E-state index in [1.54, 1.807) is 0 Å². The second kappa shape index (κ2) is 3.81. The number of rotatable bonds is 3. The highest BCUT2D eigenvalue weighted by Crippen LogP contribution is 2.40. The van der Waals surface area contributed by atoms with Crippen LogP contribution < -0.4 is 5.73 Å². The van der Waals surface area contributed by atoms with Gasteiger partial charge in [0.25, 0.3) is 0 Å². The molecule has 1 aromatic carbocycles. The van der Waals surface area contributed by atoms with E-state index in [2.05, 4.69) is 12.1 Å². The molecule has 14 heavy (non-hydrogen) atoms. The van der Waals surface area contributed by atoms with Gasteiger partial charge in [0.2, 0.25) is 0 Å². The first-order valence-electron chi connectivity index (χ1n) is 5.03. The quantitative estimate of drug-likeness (QED) is 0.786. The van der Waals surface area contributed by atoms with E-state index in [9.17, 15) is 0 Å². The van der Waals surface area contributed by atoms with Crippen LogP contribution in [0.2, 0.25) is 0 Å². The molecule has 1 aliphatic rings. The highest BCUT2D eigenvalue weighted by Gasteiger charge is 2.30. The Kier molecular flexibility index (Phi) is 2.51. The van der Waals surface area contributed by atoms with E-state index in [4.69, 9.17) is 11.0 Å². The first kappa shape index (κ1) is 9.23. The maximum atomic E-state index is 8.69. The van der Waals surface area contributed by atoms with E-state index in [1.165, 1.54) is 12.8 Å². The van der Waals surface area contributed by atoms with Crippen molar-refractivity contribution < 1.29 is 0 Å². The van der Waals surface area contributed by atoms with Crippen LogP contribution in [0, 0.1) is 17.2 Å². The van der Waals surface area contributed by atoms with Gasteiger partial charge in [0.05, 0.1) is 12.5 Å². The van der Waals surface area contributed by atoms with Crippen molar-refractivity contribution in [2.75, 3.05) is 0 Å². The van der Waals surface area contributed by atoms with Crippen LogP contribution in [0.15, 0.2) is 24.3 Å². The molecule has 2 N–H and O–H groups in total. The van der Waals surface area contributed by atoms with Gasteiger partial charge in [-0.05, 0) is 29.9 Å². The highest BCUT2D eigenvalue weighted by atomic mass is 14.7. The van der Waals surface area contributed by atoms with Gasteiger partial charge in [-0.15, -0.1) is 0 Å². The lowest BCUT2D eigenvalue weighted by molar-refractivity contribution is 0.628. The predicted octanol–water partition coefficient (Wildman–Crippen LogP) is 2.16. The van der Waals surface area contributed by atoms with Crippen molar-refractivity contribution in [2.45, 2.75) is 25.3 Å². The lowest BCUT2D eigenvalue weighted by atomic mass is 9.96. The SMILES string of the molecule is N#CCc1ccccc1[C@H](N)C1CC1. The number of nitriles is 1. The summed E-state index contributed by atoms with van der Waals surface area (Å²) in [6.07, 6.45) is 2.95. The van der Waals surface area contributed by atoms with Crippen LogP contribution in [-0.2, 0) is 6.42 Å². The van der Waals surface area contributed by atoms with Crippen molar-refractivity contribution >= 4 is 0 Å². The van der Waals surface area contributed by atoms with Crippen LogP contribution in [0.4, 0.5) is 0 Å². The van der Waals surface area contributed by atoms with Crippen LogP contribution >= 0.6 is 0 Å². The van der Waals surface area contributed by atoms with Crippen LogP contribution in [-0.4, -0.2) is 0 Å². The number of benzene rings is 1. The third kappa shape index (κ3) is 1.78. The van der Waals surface area contributed by atoms with Crippen LogP contribution in [0.1, 0.15) is 30.0 Å².